The maximum absolute atomic E-state index is 13.0. The average molecular weight is 322 g/mol. The molecule has 5 nitrogen and oxygen atoms in total. The topological polar surface area (TPSA) is 81.4 Å². The summed E-state index contributed by atoms with van der Waals surface area (Å²) in [6, 6.07) is 6.45. The third-order valence-corrected chi connectivity index (χ3v) is 6.26. The highest BCUT2D eigenvalue weighted by Gasteiger charge is 2.37. The van der Waals surface area contributed by atoms with Gasteiger partial charge in [-0.3, -0.25) is 0 Å². The van der Waals surface area contributed by atoms with E-state index in [2.05, 4.69) is 0 Å². The number of aliphatic hydroxyl groups excluding tert-OH is 1. The van der Waals surface area contributed by atoms with Crippen molar-refractivity contribution in [2.45, 2.75) is 56.6 Å². The second kappa shape index (κ2) is 6.78. The number of piperidine rings is 1. The summed E-state index contributed by atoms with van der Waals surface area (Å²) in [6.45, 7) is 3.96. The number of aryl methyl sites for hydroxylation is 1. The second-order valence-electron chi connectivity index (χ2n) is 5.71. The molecule has 1 N–H and O–H groups in total. The van der Waals surface area contributed by atoms with Gasteiger partial charge in [-0.25, -0.2) is 8.42 Å². The molecule has 1 saturated heterocycles. The smallest absolute Gasteiger partial charge is 0.244 e. The van der Waals surface area contributed by atoms with E-state index in [4.69, 9.17) is 0 Å². The van der Waals surface area contributed by atoms with Gasteiger partial charge < -0.3 is 5.11 Å². The Morgan fingerprint density at radius 3 is 2.82 bits per heavy atom. The van der Waals surface area contributed by atoms with E-state index in [1.54, 1.807) is 19.1 Å². The van der Waals surface area contributed by atoms with Crippen LogP contribution >= 0.6 is 0 Å². The molecule has 2 unspecified atom stereocenters. The molecule has 0 saturated carbocycles. The number of aliphatic hydroxyl groups is 1. The normalized spacial score (nSPS) is 21.3. The third kappa shape index (κ3) is 3.02. The van der Waals surface area contributed by atoms with E-state index < -0.39 is 22.2 Å². The highest BCUT2D eigenvalue weighted by molar-refractivity contribution is 7.89. The average Bonchev–Trinajstić information content (AvgIpc) is 2.53. The van der Waals surface area contributed by atoms with Gasteiger partial charge >= 0.3 is 0 Å². The first kappa shape index (κ1) is 16.9. The molecule has 1 fully saturated rings. The first-order valence-electron chi connectivity index (χ1n) is 7.63. The molecule has 1 heterocycles. The summed E-state index contributed by atoms with van der Waals surface area (Å²) >= 11 is 0. The van der Waals surface area contributed by atoms with Gasteiger partial charge in [0.1, 0.15) is 11.0 Å². The molecule has 0 bridgehead atoms. The Balaban J connectivity index is 2.49. The lowest BCUT2D eigenvalue weighted by Crippen LogP contribution is -2.49. The fraction of sp³-hybridized carbons (Fsp3) is 0.562. The summed E-state index contributed by atoms with van der Waals surface area (Å²) in [5.74, 6) is 0. The van der Waals surface area contributed by atoms with Crippen molar-refractivity contribution in [1.29, 1.82) is 5.26 Å². The molecular weight excluding hydrogens is 300 g/mol. The highest BCUT2D eigenvalue weighted by atomic mass is 32.2. The monoisotopic (exact) mass is 322 g/mol. The van der Waals surface area contributed by atoms with Gasteiger partial charge in [0, 0.05) is 6.54 Å². The Morgan fingerprint density at radius 2 is 2.18 bits per heavy atom. The number of nitrogens with zero attached hydrogens (tertiary/aromatic N) is 2. The highest BCUT2D eigenvalue weighted by Crippen LogP contribution is 2.30. The lowest BCUT2D eigenvalue weighted by atomic mass is 9.98. The SMILES string of the molecule is CCC(O)C1CCCCN1S(=O)(=O)c1cccc(C)c1C#N. The summed E-state index contributed by atoms with van der Waals surface area (Å²) in [6.07, 6.45) is 2.18. The van der Waals surface area contributed by atoms with Crippen LogP contribution in [0.5, 0.6) is 0 Å². The van der Waals surface area contributed by atoms with Crippen molar-refractivity contribution in [2.75, 3.05) is 6.54 Å². The van der Waals surface area contributed by atoms with Crippen molar-refractivity contribution in [2.24, 2.45) is 0 Å². The summed E-state index contributed by atoms with van der Waals surface area (Å²) in [5, 5.41) is 19.5. The zero-order valence-electron chi connectivity index (χ0n) is 13.0. The number of hydrogen-bond acceptors (Lipinski definition) is 4. The van der Waals surface area contributed by atoms with Gasteiger partial charge in [-0.15, -0.1) is 0 Å². The summed E-state index contributed by atoms with van der Waals surface area (Å²) in [4.78, 5) is 0.0465. The maximum atomic E-state index is 13.0. The van der Waals surface area contributed by atoms with Gasteiger partial charge in [0.15, 0.2) is 0 Å². The number of sulfonamides is 1. The number of hydrogen-bond donors (Lipinski definition) is 1. The predicted molar refractivity (Wildman–Crippen MR) is 83.7 cm³/mol. The molecule has 120 valence electrons. The van der Waals surface area contributed by atoms with Crippen LogP contribution in [0, 0.1) is 18.3 Å². The maximum Gasteiger partial charge on any atom is 0.244 e. The van der Waals surface area contributed by atoms with Crippen LogP contribution in [0.3, 0.4) is 0 Å². The predicted octanol–water partition coefficient (Wildman–Crippen LogP) is 2.18. The minimum Gasteiger partial charge on any atom is -0.391 e. The van der Waals surface area contributed by atoms with E-state index in [1.165, 1.54) is 10.4 Å². The molecule has 0 aromatic heterocycles. The molecule has 22 heavy (non-hydrogen) atoms. The lowest BCUT2D eigenvalue weighted by molar-refractivity contribution is 0.0667. The molecule has 1 aliphatic heterocycles. The van der Waals surface area contributed by atoms with Gasteiger partial charge in [0.05, 0.1) is 17.7 Å². The Labute approximate surface area is 132 Å². The third-order valence-electron chi connectivity index (χ3n) is 4.29. The van der Waals surface area contributed by atoms with E-state index in [0.29, 0.717) is 24.9 Å². The van der Waals surface area contributed by atoms with Crippen LogP contribution in [0.2, 0.25) is 0 Å². The lowest BCUT2D eigenvalue weighted by Gasteiger charge is -2.37. The van der Waals surface area contributed by atoms with E-state index in [-0.39, 0.29) is 10.5 Å². The summed E-state index contributed by atoms with van der Waals surface area (Å²) < 4.78 is 27.4. The van der Waals surface area contributed by atoms with Crippen LogP contribution in [0.4, 0.5) is 0 Å². The molecule has 0 amide bonds. The zero-order valence-corrected chi connectivity index (χ0v) is 13.8. The van der Waals surface area contributed by atoms with Crippen molar-refractivity contribution in [1.82, 2.24) is 4.31 Å². The summed E-state index contributed by atoms with van der Waals surface area (Å²) in [7, 11) is -3.78. The van der Waals surface area contributed by atoms with Gasteiger partial charge in [-0.05, 0) is 37.8 Å². The Kier molecular flexibility index (Phi) is 5.22. The van der Waals surface area contributed by atoms with Crippen molar-refractivity contribution >= 4 is 10.0 Å². The minimum atomic E-state index is -3.78. The molecule has 0 aliphatic carbocycles. The molecule has 0 spiro atoms. The van der Waals surface area contributed by atoms with Gasteiger partial charge in [0.25, 0.3) is 0 Å². The van der Waals surface area contributed by atoms with E-state index in [0.717, 1.165) is 12.8 Å². The minimum absolute atomic E-state index is 0.0465. The molecule has 2 rings (SSSR count). The molecule has 1 aromatic rings. The quantitative estimate of drug-likeness (QED) is 0.921. The Bertz CT molecular complexity index is 679. The molecule has 0 radical (unpaired) electrons. The van der Waals surface area contributed by atoms with E-state index in [9.17, 15) is 18.8 Å². The number of nitriles is 1. The largest absolute Gasteiger partial charge is 0.391 e. The van der Waals surface area contributed by atoms with Gasteiger partial charge in [-0.1, -0.05) is 25.5 Å². The van der Waals surface area contributed by atoms with Gasteiger partial charge in [0.2, 0.25) is 10.0 Å². The first-order valence-corrected chi connectivity index (χ1v) is 9.07. The van der Waals surface area contributed by atoms with Crippen molar-refractivity contribution < 1.29 is 13.5 Å². The van der Waals surface area contributed by atoms with Crippen LogP contribution in [0.25, 0.3) is 0 Å². The molecule has 6 heteroatoms. The van der Waals surface area contributed by atoms with Crippen molar-refractivity contribution in [3.8, 4) is 6.07 Å². The zero-order chi connectivity index (χ0) is 16.3. The molecular formula is C16H22N2O3S. The van der Waals surface area contributed by atoms with Crippen LogP contribution in [-0.2, 0) is 10.0 Å². The van der Waals surface area contributed by atoms with Gasteiger partial charge in [-0.2, -0.15) is 9.57 Å². The van der Waals surface area contributed by atoms with E-state index in [1.807, 2.05) is 13.0 Å². The number of benzene rings is 1. The van der Waals surface area contributed by atoms with Crippen LogP contribution < -0.4 is 0 Å². The number of rotatable bonds is 4. The van der Waals surface area contributed by atoms with Crippen molar-refractivity contribution in [3.05, 3.63) is 29.3 Å². The second-order valence-corrected chi connectivity index (χ2v) is 7.57. The van der Waals surface area contributed by atoms with Crippen LogP contribution in [0.15, 0.2) is 23.1 Å². The fourth-order valence-electron chi connectivity index (χ4n) is 3.01. The standard InChI is InChI=1S/C16H22N2O3S/c1-3-15(19)14-8-4-5-10-18(14)22(20,21)16-9-6-7-12(2)13(16)11-17/h6-7,9,14-15,19H,3-5,8,10H2,1-2H3. The van der Waals surface area contributed by atoms with Crippen molar-refractivity contribution in [3.63, 3.8) is 0 Å². The molecule has 1 aromatic carbocycles. The Hall–Kier alpha value is -1.42. The molecule has 2 atom stereocenters. The van der Waals surface area contributed by atoms with E-state index >= 15 is 0 Å². The molecule has 1 aliphatic rings. The summed E-state index contributed by atoms with van der Waals surface area (Å²) in [5.41, 5.74) is 0.839. The first-order chi connectivity index (χ1) is 10.4. The Morgan fingerprint density at radius 1 is 1.45 bits per heavy atom. The fourth-order valence-corrected chi connectivity index (χ4v) is 4.95. The van der Waals surface area contributed by atoms with Crippen LogP contribution in [-0.4, -0.2) is 36.5 Å². The van der Waals surface area contributed by atoms with Crippen LogP contribution in [0.1, 0.15) is 43.7 Å².